The highest BCUT2D eigenvalue weighted by Gasteiger charge is 2.05. The summed E-state index contributed by atoms with van der Waals surface area (Å²) in [5.41, 5.74) is 1.10. The molecule has 2 N–H and O–H groups in total. The lowest BCUT2D eigenvalue weighted by Gasteiger charge is -2.13. The van der Waals surface area contributed by atoms with Crippen molar-refractivity contribution in [3.8, 4) is 5.75 Å². The van der Waals surface area contributed by atoms with Crippen molar-refractivity contribution in [2.75, 3.05) is 19.8 Å². The van der Waals surface area contributed by atoms with Crippen LogP contribution in [0.4, 0.5) is 0 Å². The molecule has 114 valence electrons. The summed E-state index contributed by atoms with van der Waals surface area (Å²) >= 11 is 6.05. The molecule has 4 heteroatoms. The standard InChI is InChI=1S/C16H26ClNO2/c1-13(2)11-18-12-14-10-15(17)6-7-16(14)20-9-5-3-4-8-19/h6-7,10,13,18-19H,3-5,8-9,11-12H2,1-2H3. The molecule has 0 unspecified atom stereocenters. The summed E-state index contributed by atoms with van der Waals surface area (Å²) in [6.07, 6.45) is 2.79. The van der Waals surface area contributed by atoms with E-state index in [4.69, 9.17) is 21.4 Å². The second-order valence-corrected chi connectivity index (χ2v) is 5.85. The number of unbranched alkanes of at least 4 members (excludes halogenated alkanes) is 2. The number of ether oxygens (including phenoxy) is 1. The summed E-state index contributed by atoms with van der Waals surface area (Å²) in [7, 11) is 0. The molecule has 0 spiro atoms. The van der Waals surface area contributed by atoms with E-state index in [-0.39, 0.29) is 6.61 Å². The Morgan fingerprint density at radius 2 is 2.05 bits per heavy atom. The number of benzene rings is 1. The molecule has 0 saturated heterocycles. The minimum absolute atomic E-state index is 0.255. The third kappa shape index (κ3) is 7.13. The van der Waals surface area contributed by atoms with Crippen molar-refractivity contribution in [1.82, 2.24) is 5.32 Å². The van der Waals surface area contributed by atoms with Crippen molar-refractivity contribution in [2.45, 2.75) is 39.7 Å². The van der Waals surface area contributed by atoms with E-state index in [0.29, 0.717) is 12.5 Å². The van der Waals surface area contributed by atoms with Gasteiger partial charge in [0.1, 0.15) is 5.75 Å². The third-order valence-electron chi connectivity index (χ3n) is 2.95. The summed E-state index contributed by atoms with van der Waals surface area (Å²) in [6, 6.07) is 5.75. The van der Waals surface area contributed by atoms with Gasteiger partial charge in [0.05, 0.1) is 6.61 Å². The van der Waals surface area contributed by atoms with Gasteiger partial charge in [-0.25, -0.2) is 0 Å². The first kappa shape index (κ1) is 17.3. The Hall–Kier alpha value is -0.770. The van der Waals surface area contributed by atoms with Gasteiger partial charge in [-0.05, 0) is 49.9 Å². The van der Waals surface area contributed by atoms with Crippen LogP contribution in [-0.2, 0) is 6.54 Å². The first-order valence-electron chi connectivity index (χ1n) is 7.36. The second-order valence-electron chi connectivity index (χ2n) is 5.41. The highest BCUT2D eigenvalue weighted by atomic mass is 35.5. The topological polar surface area (TPSA) is 41.5 Å². The molecule has 0 heterocycles. The summed E-state index contributed by atoms with van der Waals surface area (Å²) in [5.74, 6) is 1.52. The summed E-state index contributed by atoms with van der Waals surface area (Å²) in [6.45, 7) is 7.05. The lowest BCUT2D eigenvalue weighted by molar-refractivity contribution is 0.265. The number of aliphatic hydroxyl groups excluding tert-OH is 1. The van der Waals surface area contributed by atoms with Crippen molar-refractivity contribution >= 4 is 11.6 Å². The zero-order valence-electron chi connectivity index (χ0n) is 12.5. The fourth-order valence-electron chi connectivity index (χ4n) is 1.90. The fraction of sp³-hybridized carbons (Fsp3) is 0.625. The van der Waals surface area contributed by atoms with Crippen LogP contribution in [0.5, 0.6) is 5.75 Å². The van der Waals surface area contributed by atoms with E-state index in [0.717, 1.165) is 48.7 Å². The summed E-state index contributed by atoms with van der Waals surface area (Å²) < 4.78 is 5.82. The maximum atomic E-state index is 8.74. The normalized spacial score (nSPS) is 11.1. The monoisotopic (exact) mass is 299 g/mol. The van der Waals surface area contributed by atoms with Gasteiger partial charge in [0, 0.05) is 23.7 Å². The van der Waals surface area contributed by atoms with Crippen molar-refractivity contribution < 1.29 is 9.84 Å². The number of aliphatic hydroxyl groups is 1. The zero-order chi connectivity index (χ0) is 14.8. The zero-order valence-corrected chi connectivity index (χ0v) is 13.2. The van der Waals surface area contributed by atoms with Crippen molar-refractivity contribution in [3.05, 3.63) is 28.8 Å². The Bertz CT molecular complexity index is 383. The van der Waals surface area contributed by atoms with Gasteiger partial charge in [-0.15, -0.1) is 0 Å². The Kier molecular flexibility index (Phi) is 8.67. The van der Waals surface area contributed by atoms with Gasteiger partial charge in [-0.2, -0.15) is 0 Å². The average molecular weight is 300 g/mol. The van der Waals surface area contributed by atoms with E-state index in [2.05, 4.69) is 19.2 Å². The van der Waals surface area contributed by atoms with Crippen LogP contribution in [-0.4, -0.2) is 24.9 Å². The molecule has 3 nitrogen and oxygen atoms in total. The number of halogens is 1. The number of nitrogens with one attached hydrogen (secondary N) is 1. The summed E-state index contributed by atoms with van der Waals surface area (Å²) in [5, 5.41) is 12.9. The van der Waals surface area contributed by atoms with Crippen LogP contribution < -0.4 is 10.1 Å². The maximum Gasteiger partial charge on any atom is 0.123 e. The molecule has 1 rings (SSSR count). The first-order valence-corrected chi connectivity index (χ1v) is 7.74. The number of hydrogen-bond acceptors (Lipinski definition) is 3. The van der Waals surface area contributed by atoms with E-state index in [9.17, 15) is 0 Å². The quantitative estimate of drug-likeness (QED) is 0.648. The smallest absolute Gasteiger partial charge is 0.123 e. The SMILES string of the molecule is CC(C)CNCc1cc(Cl)ccc1OCCCCCO. The van der Waals surface area contributed by atoms with E-state index >= 15 is 0 Å². The molecule has 0 aliphatic carbocycles. The molecule has 0 saturated carbocycles. The maximum absolute atomic E-state index is 8.74. The second kappa shape index (κ2) is 10.0. The molecule has 0 aromatic heterocycles. The minimum Gasteiger partial charge on any atom is -0.493 e. The van der Waals surface area contributed by atoms with E-state index in [1.54, 1.807) is 0 Å². The Labute approximate surface area is 127 Å². The average Bonchev–Trinajstić information content (AvgIpc) is 2.40. The van der Waals surface area contributed by atoms with Gasteiger partial charge >= 0.3 is 0 Å². The van der Waals surface area contributed by atoms with Gasteiger partial charge in [-0.3, -0.25) is 0 Å². The molecule has 0 aliphatic rings. The van der Waals surface area contributed by atoms with Gasteiger partial charge in [0.25, 0.3) is 0 Å². The highest BCUT2D eigenvalue weighted by Crippen LogP contribution is 2.23. The van der Waals surface area contributed by atoms with Gasteiger partial charge in [-0.1, -0.05) is 25.4 Å². The van der Waals surface area contributed by atoms with Crippen molar-refractivity contribution in [1.29, 1.82) is 0 Å². The van der Waals surface area contributed by atoms with Crippen LogP contribution in [0, 0.1) is 5.92 Å². The number of rotatable bonds is 10. The molecule has 1 aromatic rings. The Balaban J connectivity index is 2.47. The van der Waals surface area contributed by atoms with E-state index in [1.165, 1.54) is 0 Å². The van der Waals surface area contributed by atoms with Crippen molar-refractivity contribution in [2.24, 2.45) is 5.92 Å². The molecule has 1 aromatic carbocycles. The van der Waals surface area contributed by atoms with Crippen LogP contribution in [0.15, 0.2) is 18.2 Å². The molecule has 0 atom stereocenters. The molecule has 0 amide bonds. The predicted octanol–water partition coefficient (Wildman–Crippen LogP) is 3.63. The van der Waals surface area contributed by atoms with Gasteiger partial charge in [0.15, 0.2) is 0 Å². The van der Waals surface area contributed by atoms with Crippen LogP contribution in [0.3, 0.4) is 0 Å². The van der Waals surface area contributed by atoms with E-state index < -0.39 is 0 Å². The predicted molar refractivity (Wildman–Crippen MR) is 84.4 cm³/mol. The number of hydrogen-bond donors (Lipinski definition) is 2. The van der Waals surface area contributed by atoms with Crippen LogP contribution in [0.25, 0.3) is 0 Å². The lowest BCUT2D eigenvalue weighted by atomic mass is 10.1. The molecule has 0 fully saturated rings. The first-order chi connectivity index (χ1) is 9.63. The van der Waals surface area contributed by atoms with Gasteiger partial charge in [0.2, 0.25) is 0 Å². The molecular formula is C16H26ClNO2. The molecule has 0 aliphatic heterocycles. The molecule has 0 radical (unpaired) electrons. The summed E-state index contributed by atoms with van der Waals surface area (Å²) in [4.78, 5) is 0. The van der Waals surface area contributed by atoms with Crippen molar-refractivity contribution in [3.63, 3.8) is 0 Å². The Morgan fingerprint density at radius 1 is 1.25 bits per heavy atom. The van der Waals surface area contributed by atoms with Crippen LogP contribution in [0.2, 0.25) is 5.02 Å². The Morgan fingerprint density at radius 3 is 2.75 bits per heavy atom. The molecule has 20 heavy (non-hydrogen) atoms. The largest absolute Gasteiger partial charge is 0.493 e. The van der Waals surface area contributed by atoms with Gasteiger partial charge < -0.3 is 15.2 Å². The van der Waals surface area contributed by atoms with Crippen LogP contribution >= 0.6 is 11.6 Å². The fourth-order valence-corrected chi connectivity index (χ4v) is 2.09. The lowest BCUT2D eigenvalue weighted by Crippen LogP contribution is -2.19. The molecular weight excluding hydrogens is 274 g/mol. The third-order valence-corrected chi connectivity index (χ3v) is 3.19. The van der Waals surface area contributed by atoms with E-state index in [1.807, 2.05) is 18.2 Å². The highest BCUT2D eigenvalue weighted by molar-refractivity contribution is 6.30. The minimum atomic E-state index is 0.255. The van der Waals surface area contributed by atoms with Crippen LogP contribution in [0.1, 0.15) is 38.7 Å². The molecule has 0 bridgehead atoms.